The summed E-state index contributed by atoms with van der Waals surface area (Å²) >= 11 is 1.65. The largest absolute Gasteiger partial charge is 0.491 e. The molecule has 0 fully saturated rings. The van der Waals surface area contributed by atoms with Gasteiger partial charge in [-0.1, -0.05) is 12.1 Å². The number of nitrogens with one attached hydrogen (secondary N) is 1. The number of amides is 1. The molecule has 2 aromatic heterocycles. The van der Waals surface area contributed by atoms with Crippen LogP contribution in [-0.4, -0.2) is 28.5 Å². The standard InChI is InChI=1S/C23H25N3O2S/c1-17(2)28-20-6-3-5-18(15-20)8-9-22(27)25-12-4-7-23-26-21(16-29-23)19-10-13-24-14-11-19/h3,5-6,8-11,13-17H,4,7,12H2,1-2H3,(H,25,27). The molecule has 0 saturated carbocycles. The molecule has 0 spiro atoms. The summed E-state index contributed by atoms with van der Waals surface area (Å²) in [7, 11) is 0. The number of pyridine rings is 1. The maximum Gasteiger partial charge on any atom is 0.243 e. The van der Waals surface area contributed by atoms with Crippen molar-refractivity contribution in [2.75, 3.05) is 6.54 Å². The number of hydrogen-bond donors (Lipinski definition) is 1. The summed E-state index contributed by atoms with van der Waals surface area (Å²) in [6.45, 7) is 4.59. The van der Waals surface area contributed by atoms with Gasteiger partial charge in [0.2, 0.25) is 5.91 Å². The monoisotopic (exact) mass is 407 g/mol. The number of nitrogens with zero attached hydrogens (tertiary/aromatic N) is 2. The van der Waals surface area contributed by atoms with E-state index in [9.17, 15) is 4.79 Å². The lowest BCUT2D eigenvalue weighted by Crippen LogP contribution is -2.22. The summed E-state index contributed by atoms with van der Waals surface area (Å²) in [5.74, 6) is 0.703. The Labute approximate surface area is 175 Å². The van der Waals surface area contributed by atoms with Gasteiger partial charge in [0, 0.05) is 42.4 Å². The van der Waals surface area contributed by atoms with E-state index in [1.165, 1.54) is 0 Å². The van der Waals surface area contributed by atoms with Crippen molar-refractivity contribution in [3.05, 3.63) is 70.8 Å². The van der Waals surface area contributed by atoms with Crippen LogP contribution >= 0.6 is 11.3 Å². The van der Waals surface area contributed by atoms with E-state index in [4.69, 9.17) is 4.74 Å². The van der Waals surface area contributed by atoms with Crippen LogP contribution in [0.15, 0.2) is 60.2 Å². The fourth-order valence-corrected chi connectivity index (χ4v) is 3.58. The number of carbonyl (C=O) groups excluding carboxylic acids is 1. The smallest absolute Gasteiger partial charge is 0.243 e. The lowest BCUT2D eigenvalue weighted by Gasteiger charge is -2.09. The molecule has 0 aliphatic heterocycles. The minimum absolute atomic E-state index is 0.100. The number of aromatic nitrogens is 2. The average molecular weight is 408 g/mol. The molecule has 0 bridgehead atoms. The first-order valence-electron chi connectivity index (χ1n) is 9.67. The van der Waals surface area contributed by atoms with Crippen molar-refractivity contribution in [3.8, 4) is 17.0 Å². The number of rotatable bonds is 9. The highest BCUT2D eigenvalue weighted by Gasteiger charge is 2.05. The quantitative estimate of drug-likeness (QED) is 0.410. The van der Waals surface area contributed by atoms with E-state index in [0.29, 0.717) is 6.54 Å². The number of thiazole rings is 1. The number of carbonyl (C=O) groups is 1. The second kappa shape index (κ2) is 10.5. The highest BCUT2D eigenvalue weighted by Crippen LogP contribution is 2.21. The Morgan fingerprint density at radius 3 is 2.86 bits per heavy atom. The van der Waals surface area contributed by atoms with Crippen molar-refractivity contribution < 1.29 is 9.53 Å². The van der Waals surface area contributed by atoms with Crippen LogP contribution in [0.5, 0.6) is 5.75 Å². The van der Waals surface area contributed by atoms with E-state index in [1.807, 2.05) is 50.2 Å². The Kier molecular flexibility index (Phi) is 7.53. The molecule has 0 aliphatic rings. The molecule has 0 radical (unpaired) electrons. The van der Waals surface area contributed by atoms with Crippen LogP contribution in [0.4, 0.5) is 0 Å². The number of ether oxygens (including phenoxy) is 1. The second-order valence-electron chi connectivity index (χ2n) is 6.83. The highest BCUT2D eigenvalue weighted by molar-refractivity contribution is 7.09. The first-order valence-corrected chi connectivity index (χ1v) is 10.6. The van der Waals surface area contributed by atoms with Crippen LogP contribution in [0.1, 0.15) is 30.8 Å². The summed E-state index contributed by atoms with van der Waals surface area (Å²) in [4.78, 5) is 20.7. The van der Waals surface area contributed by atoms with Crippen LogP contribution in [0.2, 0.25) is 0 Å². The second-order valence-corrected chi connectivity index (χ2v) is 7.77. The van der Waals surface area contributed by atoms with Crippen molar-refractivity contribution in [3.63, 3.8) is 0 Å². The minimum Gasteiger partial charge on any atom is -0.491 e. The topological polar surface area (TPSA) is 64.1 Å². The Hall–Kier alpha value is -2.99. The van der Waals surface area contributed by atoms with Crippen LogP contribution in [0, 0.1) is 0 Å². The molecule has 0 atom stereocenters. The van der Waals surface area contributed by atoms with Gasteiger partial charge in [0.05, 0.1) is 16.8 Å². The van der Waals surface area contributed by atoms with Crippen LogP contribution in [0.3, 0.4) is 0 Å². The third kappa shape index (κ3) is 6.84. The fourth-order valence-electron chi connectivity index (χ4n) is 2.73. The molecular formula is C23H25N3O2S. The Balaban J connectivity index is 1.41. The molecule has 2 heterocycles. The van der Waals surface area contributed by atoms with E-state index >= 15 is 0 Å². The molecule has 29 heavy (non-hydrogen) atoms. The van der Waals surface area contributed by atoms with Crippen molar-refractivity contribution >= 4 is 23.3 Å². The van der Waals surface area contributed by atoms with Gasteiger partial charge in [0.1, 0.15) is 5.75 Å². The Morgan fingerprint density at radius 1 is 1.24 bits per heavy atom. The van der Waals surface area contributed by atoms with Crippen molar-refractivity contribution in [2.45, 2.75) is 32.8 Å². The normalized spacial score (nSPS) is 11.1. The van der Waals surface area contributed by atoms with Gasteiger partial charge in [-0.25, -0.2) is 4.98 Å². The fraction of sp³-hybridized carbons (Fsp3) is 0.261. The third-order valence-corrected chi connectivity index (χ3v) is 4.96. The van der Waals surface area contributed by atoms with Gasteiger partial charge in [0.25, 0.3) is 0 Å². The van der Waals surface area contributed by atoms with E-state index in [1.54, 1.807) is 35.9 Å². The maximum absolute atomic E-state index is 12.0. The van der Waals surface area contributed by atoms with Crippen molar-refractivity contribution in [2.24, 2.45) is 0 Å². The molecular weight excluding hydrogens is 382 g/mol. The van der Waals surface area contributed by atoms with Crippen LogP contribution in [0.25, 0.3) is 17.3 Å². The zero-order valence-corrected chi connectivity index (χ0v) is 17.5. The number of hydrogen-bond acceptors (Lipinski definition) is 5. The molecule has 1 amide bonds. The molecule has 150 valence electrons. The maximum atomic E-state index is 12.0. The summed E-state index contributed by atoms with van der Waals surface area (Å²) in [6, 6.07) is 11.6. The Morgan fingerprint density at radius 2 is 2.07 bits per heavy atom. The molecule has 0 unspecified atom stereocenters. The zero-order chi connectivity index (χ0) is 20.5. The van der Waals surface area contributed by atoms with Crippen molar-refractivity contribution in [1.29, 1.82) is 0 Å². The molecule has 0 aliphatic carbocycles. The predicted octanol–water partition coefficient (Wildman–Crippen LogP) is 4.75. The molecule has 1 aromatic carbocycles. The van der Waals surface area contributed by atoms with Crippen LogP contribution < -0.4 is 10.1 Å². The molecule has 5 nitrogen and oxygen atoms in total. The van der Waals surface area contributed by atoms with Crippen LogP contribution in [-0.2, 0) is 11.2 Å². The van der Waals surface area contributed by atoms with Gasteiger partial charge >= 0.3 is 0 Å². The minimum atomic E-state index is -0.100. The molecule has 3 aromatic rings. The van der Waals surface area contributed by atoms with Gasteiger partial charge in [-0.2, -0.15) is 0 Å². The molecule has 0 saturated heterocycles. The predicted molar refractivity (Wildman–Crippen MR) is 118 cm³/mol. The summed E-state index contributed by atoms with van der Waals surface area (Å²) < 4.78 is 5.67. The Bertz CT molecular complexity index is 952. The van der Waals surface area contributed by atoms with Gasteiger partial charge in [-0.3, -0.25) is 9.78 Å². The summed E-state index contributed by atoms with van der Waals surface area (Å²) in [5, 5.41) is 6.05. The van der Waals surface area contributed by atoms with Crippen molar-refractivity contribution in [1.82, 2.24) is 15.3 Å². The first-order chi connectivity index (χ1) is 14.1. The third-order valence-electron chi connectivity index (χ3n) is 4.05. The van der Waals surface area contributed by atoms with E-state index < -0.39 is 0 Å². The van der Waals surface area contributed by atoms with E-state index in [0.717, 1.165) is 40.4 Å². The van der Waals surface area contributed by atoms with E-state index in [-0.39, 0.29) is 12.0 Å². The SMILES string of the molecule is CC(C)Oc1cccc(C=CC(=O)NCCCc2nc(-c3ccncc3)cs2)c1. The zero-order valence-electron chi connectivity index (χ0n) is 16.7. The summed E-state index contributed by atoms with van der Waals surface area (Å²) in [5.41, 5.74) is 2.98. The van der Waals surface area contributed by atoms with Gasteiger partial charge in [0.15, 0.2) is 0 Å². The molecule has 6 heteroatoms. The van der Waals surface area contributed by atoms with E-state index in [2.05, 4.69) is 20.7 Å². The van der Waals surface area contributed by atoms with Gasteiger partial charge in [-0.15, -0.1) is 11.3 Å². The lowest BCUT2D eigenvalue weighted by molar-refractivity contribution is -0.116. The number of aryl methyl sites for hydroxylation is 1. The van der Waals surface area contributed by atoms with Gasteiger partial charge in [-0.05, 0) is 56.2 Å². The molecule has 1 N–H and O–H groups in total. The summed E-state index contributed by atoms with van der Waals surface area (Å²) in [6.07, 6.45) is 8.70. The highest BCUT2D eigenvalue weighted by atomic mass is 32.1. The lowest BCUT2D eigenvalue weighted by atomic mass is 10.2. The molecule has 3 rings (SSSR count). The average Bonchev–Trinajstić information content (AvgIpc) is 3.19. The van der Waals surface area contributed by atoms with Gasteiger partial charge < -0.3 is 10.1 Å². The first kappa shape index (κ1) is 20.7. The number of benzene rings is 1.